The van der Waals surface area contributed by atoms with Gasteiger partial charge in [-0.25, -0.2) is 0 Å². The van der Waals surface area contributed by atoms with E-state index in [1.165, 1.54) is 12.8 Å². The van der Waals surface area contributed by atoms with Crippen LogP contribution in [0.3, 0.4) is 0 Å². The Morgan fingerprint density at radius 1 is 1.25 bits per heavy atom. The number of nitrogens with zero attached hydrogens (tertiary/aromatic N) is 1. The molecule has 16 heavy (non-hydrogen) atoms. The number of hydrogen-bond acceptors (Lipinski definition) is 2. The van der Waals surface area contributed by atoms with Gasteiger partial charge in [0, 0.05) is 18.5 Å². The molecule has 94 valence electrons. The molecule has 1 amide bonds. The Hall–Kier alpha value is -0.570. The van der Waals surface area contributed by atoms with Crippen molar-refractivity contribution >= 4 is 5.91 Å². The van der Waals surface area contributed by atoms with Gasteiger partial charge in [-0.3, -0.25) is 4.79 Å². The molecule has 0 aromatic rings. The summed E-state index contributed by atoms with van der Waals surface area (Å²) in [4.78, 5) is 14.3. The maximum Gasteiger partial charge on any atom is 0.228 e. The van der Waals surface area contributed by atoms with Crippen molar-refractivity contribution in [3.63, 3.8) is 0 Å². The molecule has 3 nitrogen and oxygen atoms in total. The van der Waals surface area contributed by atoms with Gasteiger partial charge in [0.15, 0.2) is 0 Å². The fourth-order valence-corrected chi connectivity index (χ4v) is 2.81. The Bertz CT molecular complexity index is 216. The van der Waals surface area contributed by atoms with Gasteiger partial charge < -0.3 is 10.0 Å². The first-order valence-corrected chi connectivity index (χ1v) is 6.60. The lowest BCUT2D eigenvalue weighted by atomic mass is 9.82. The average Bonchev–Trinajstić information content (AvgIpc) is 2.77. The van der Waals surface area contributed by atoms with Gasteiger partial charge in [-0.2, -0.15) is 0 Å². The summed E-state index contributed by atoms with van der Waals surface area (Å²) in [6.45, 7) is 5.54. The molecule has 0 bridgehead atoms. The highest BCUT2D eigenvalue weighted by atomic mass is 16.3. The van der Waals surface area contributed by atoms with Gasteiger partial charge in [-0.15, -0.1) is 0 Å². The van der Waals surface area contributed by atoms with E-state index >= 15 is 0 Å². The van der Waals surface area contributed by atoms with Gasteiger partial charge in [0.2, 0.25) is 5.91 Å². The number of aliphatic hydroxyl groups is 1. The highest BCUT2D eigenvalue weighted by Crippen LogP contribution is 2.42. The third-order valence-corrected chi connectivity index (χ3v) is 3.84. The van der Waals surface area contributed by atoms with Gasteiger partial charge in [-0.1, -0.05) is 26.7 Å². The number of rotatable bonds is 6. The number of hydrogen-bond donors (Lipinski definition) is 1. The van der Waals surface area contributed by atoms with E-state index in [-0.39, 0.29) is 17.9 Å². The second kappa shape index (κ2) is 6.24. The van der Waals surface area contributed by atoms with Crippen LogP contribution in [0.4, 0.5) is 0 Å². The average molecular weight is 227 g/mol. The molecule has 0 unspecified atom stereocenters. The van der Waals surface area contributed by atoms with Crippen LogP contribution in [0.5, 0.6) is 0 Å². The van der Waals surface area contributed by atoms with E-state index in [1.54, 1.807) is 0 Å². The molecule has 0 heterocycles. The van der Waals surface area contributed by atoms with Crippen LogP contribution in [-0.4, -0.2) is 35.6 Å². The molecular formula is C13H25NO2. The van der Waals surface area contributed by atoms with Crippen molar-refractivity contribution in [2.45, 2.75) is 52.4 Å². The number of carbonyl (C=O) groups excluding carboxylic acids is 1. The predicted molar refractivity (Wildman–Crippen MR) is 65.1 cm³/mol. The van der Waals surface area contributed by atoms with E-state index in [4.69, 9.17) is 5.11 Å². The Morgan fingerprint density at radius 2 is 1.88 bits per heavy atom. The SMILES string of the molecule is CCCN(CCO)C(=O)C1(CC)CCCC1. The Labute approximate surface area is 98.8 Å². The van der Waals surface area contributed by atoms with Crippen LogP contribution in [0.2, 0.25) is 0 Å². The number of aliphatic hydroxyl groups excluding tert-OH is 1. The topological polar surface area (TPSA) is 40.5 Å². The lowest BCUT2D eigenvalue weighted by Gasteiger charge is -2.33. The van der Waals surface area contributed by atoms with Crippen molar-refractivity contribution in [2.75, 3.05) is 19.7 Å². The fourth-order valence-electron chi connectivity index (χ4n) is 2.81. The largest absolute Gasteiger partial charge is 0.395 e. The first kappa shape index (κ1) is 13.5. The van der Waals surface area contributed by atoms with Crippen LogP contribution >= 0.6 is 0 Å². The van der Waals surface area contributed by atoms with Gasteiger partial charge >= 0.3 is 0 Å². The molecule has 1 aliphatic carbocycles. The zero-order valence-electron chi connectivity index (χ0n) is 10.7. The van der Waals surface area contributed by atoms with Crippen molar-refractivity contribution in [1.29, 1.82) is 0 Å². The Kier molecular flexibility index (Phi) is 5.26. The summed E-state index contributed by atoms with van der Waals surface area (Å²) >= 11 is 0. The van der Waals surface area contributed by atoms with Crippen LogP contribution in [0.15, 0.2) is 0 Å². The van der Waals surface area contributed by atoms with Crippen molar-refractivity contribution in [2.24, 2.45) is 5.41 Å². The van der Waals surface area contributed by atoms with Crippen LogP contribution < -0.4 is 0 Å². The Morgan fingerprint density at radius 3 is 2.31 bits per heavy atom. The first-order valence-electron chi connectivity index (χ1n) is 6.60. The molecule has 0 aliphatic heterocycles. The molecule has 1 N–H and O–H groups in total. The maximum atomic E-state index is 12.5. The third-order valence-electron chi connectivity index (χ3n) is 3.84. The van der Waals surface area contributed by atoms with E-state index in [0.29, 0.717) is 6.54 Å². The van der Waals surface area contributed by atoms with Crippen molar-refractivity contribution in [1.82, 2.24) is 4.90 Å². The van der Waals surface area contributed by atoms with Crippen LogP contribution in [0, 0.1) is 5.41 Å². The quantitative estimate of drug-likeness (QED) is 0.755. The second-order valence-corrected chi connectivity index (χ2v) is 4.86. The molecule has 1 rings (SSSR count). The van der Waals surface area contributed by atoms with E-state index in [2.05, 4.69) is 13.8 Å². The predicted octanol–water partition coefficient (Wildman–Crippen LogP) is 2.19. The van der Waals surface area contributed by atoms with Crippen molar-refractivity contribution in [3.05, 3.63) is 0 Å². The minimum absolute atomic E-state index is 0.0749. The molecule has 1 saturated carbocycles. The highest BCUT2D eigenvalue weighted by molar-refractivity contribution is 5.83. The summed E-state index contributed by atoms with van der Waals surface area (Å²) in [5.74, 6) is 0.281. The summed E-state index contributed by atoms with van der Waals surface area (Å²) in [5.41, 5.74) is -0.107. The molecule has 1 aliphatic rings. The smallest absolute Gasteiger partial charge is 0.228 e. The monoisotopic (exact) mass is 227 g/mol. The summed E-state index contributed by atoms with van der Waals surface area (Å²) in [6.07, 6.45) is 6.34. The molecule has 0 saturated heterocycles. The van der Waals surface area contributed by atoms with Crippen molar-refractivity contribution < 1.29 is 9.90 Å². The molecule has 0 spiro atoms. The van der Waals surface area contributed by atoms with E-state index in [9.17, 15) is 4.79 Å². The summed E-state index contributed by atoms with van der Waals surface area (Å²) in [7, 11) is 0. The Balaban J connectivity index is 2.70. The number of carbonyl (C=O) groups is 1. The molecule has 0 radical (unpaired) electrons. The minimum atomic E-state index is -0.107. The maximum absolute atomic E-state index is 12.5. The van der Waals surface area contributed by atoms with Crippen molar-refractivity contribution in [3.8, 4) is 0 Å². The molecule has 3 heteroatoms. The standard InChI is InChI=1S/C13H25NO2/c1-3-9-14(10-11-15)12(16)13(4-2)7-5-6-8-13/h15H,3-11H2,1-2H3. The van der Waals surface area contributed by atoms with Gasteiger partial charge in [0.1, 0.15) is 0 Å². The van der Waals surface area contributed by atoms with E-state index in [0.717, 1.165) is 32.2 Å². The summed E-state index contributed by atoms with van der Waals surface area (Å²) in [5, 5.41) is 9.02. The molecular weight excluding hydrogens is 202 g/mol. The molecule has 1 fully saturated rings. The number of amides is 1. The first-order chi connectivity index (χ1) is 7.70. The van der Waals surface area contributed by atoms with Crippen LogP contribution in [-0.2, 0) is 4.79 Å². The summed E-state index contributed by atoms with van der Waals surface area (Å²) < 4.78 is 0. The normalized spacial score (nSPS) is 18.7. The molecule has 0 atom stereocenters. The zero-order chi connectivity index (χ0) is 12.0. The zero-order valence-corrected chi connectivity index (χ0v) is 10.7. The lowest BCUT2D eigenvalue weighted by molar-refractivity contribution is -0.142. The van der Waals surface area contributed by atoms with E-state index in [1.807, 2.05) is 4.90 Å². The van der Waals surface area contributed by atoms with Gasteiger partial charge in [0.25, 0.3) is 0 Å². The lowest BCUT2D eigenvalue weighted by Crippen LogP contribution is -2.44. The fraction of sp³-hybridized carbons (Fsp3) is 0.923. The van der Waals surface area contributed by atoms with Gasteiger partial charge in [0.05, 0.1) is 6.61 Å². The molecule has 0 aromatic heterocycles. The highest BCUT2D eigenvalue weighted by Gasteiger charge is 2.41. The second-order valence-electron chi connectivity index (χ2n) is 4.86. The van der Waals surface area contributed by atoms with E-state index < -0.39 is 0 Å². The third kappa shape index (κ3) is 2.76. The van der Waals surface area contributed by atoms with Crippen LogP contribution in [0.25, 0.3) is 0 Å². The minimum Gasteiger partial charge on any atom is -0.395 e. The molecule has 0 aromatic carbocycles. The summed E-state index contributed by atoms with van der Waals surface area (Å²) in [6, 6.07) is 0. The van der Waals surface area contributed by atoms with Gasteiger partial charge in [-0.05, 0) is 25.7 Å². The van der Waals surface area contributed by atoms with Crippen LogP contribution in [0.1, 0.15) is 52.4 Å².